The van der Waals surface area contributed by atoms with Gasteiger partial charge in [0.1, 0.15) is 0 Å². The van der Waals surface area contributed by atoms with Gasteiger partial charge in [0.15, 0.2) is 0 Å². The Morgan fingerprint density at radius 1 is 1.43 bits per heavy atom. The summed E-state index contributed by atoms with van der Waals surface area (Å²) in [6.07, 6.45) is 0. The molecule has 0 saturated carbocycles. The Labute approximate surface area is 57.7 Å². The van der Waals surface area contributed by atoms with Crippen molar-refractivity contribution in [2.24, 2.45) is 0 Å². The van der Waals surface area contributed by atoms with E-state index >= 15 is 0 Å². The van der Waals surface area contributed by atoms with Crippen molar-refractivity contribution in [1.82, 2.24) is 14.6 Å². The van der Waals surface area contributed by atoms with E-state index in [1.165, 1.54) is 0 Å². The van der Waals surface area contributed by atoms with Gasteiger partial charge in [-0.1, -0.05) is 0 Å². The summed E-state index contributed by atoms with van der Waals surface area (Å²) in [5.41, 5.74) is 5.66. The minimum absolute atomic E-state index is 0.474. The summed E-state index contributed by atoms with van der Waals surface area (Å²) < 4.78 is 2.71. The molecule has 0 aliphatic carbocycles. The molecule has 0 spiro atoms. The van der Waals surface area contributed by atoms with Crippen LogP contribution in [0.2, 0.25) is 0 Å². The molecule has 3 nitrogen and oxygen atoms in total. The highest BCUT2D eigenvalue weighted by molar-refractivity contribution is 14.1. The highest BCUT2D eigenvalue weighted by atomic mass is 127. The van der Waals surface area contributed by atoms with Crippen LogP contribution < -0.4 is 14.6 Å². The molecule has 0 bridgehead atoms. The molecule has 0 unspecified atom stereocenters. The summed E-state index contributed by atoms with van der Waals surface area (Å²) in [7, 11) is 0. The van der Waals surface area contributed by atoms with Crippen molar-refractivity contribution in [3.05, 3.63) is 0 Å². The Kier molecular flexibility index (Phi) is 5.18. The number of hydrazine groups is 2. The number of nitrogens with one attached hydrogen (secondary N) is 3. The van der Waals surface area contributed by atoms with Gasteiger partial charge in [-0.25, -0.2) is 5.43 Å². The van der Waals surface area contributed by atoms with Crippen LogP contribution in [-0.2, 0) is 0 Å². The molecule has 7 heavy (non-hydrogen) atoms. The fraction of sp³-hybridized carbons (Fsp3) is 1.00. The van der Waals surface area contributed by atoms with E-state index in [4.69, 9.17) is 0 Å². The Morgan fingerprint density at radius 3 is 2.14 bits per heavy atom. The molecule has 0 aromatic rings. The molecular formula is C3H10IN3. The second-order valence-corrected chi connectivity index (χ2v) is 2.06. The van der Waals surface area contributed by atoms with Crippen LogP contribution in [0.4, 0.5) is 0 Å². The van der Waals surface area contributed by atoms with Crippen LogP contribution in [0.15, 0.2) is 0 Å². The number of halogens is 1. The van der Waals surface area contributed by atoms with E-state index in [2.05, 4.69) is 28.4 Å². The third-order valence-corrected chi connectivity index (χ3v) is 0.678. The number of rotatable bonds is 3. The SMILES string of the molecule is CC(C)NNNI. The first-order chi connectivity index (χ1) is 3.27. The first-order valence-electron chi connectivity index (χ1n) is 2.13. The zero-order chi connectivity index (χ0) is 5.70. The predicted molar refractivity (Wildman–Crippen MR) is 38.6 cm³/mol. The maximum Gasteiger partial charge on any atom is 0.0346 e. The number of hydrogen-bond donors (Lipinski definition) is 3. The van der Waals surface area contributed by atoms with Crippen LogP contribution in [0.3, 0.4) is 0 Å². The van der Waals surface area contributed by atoms with Crippen molar-refractivity contribution < 1.29 is 0 Å². The zero-order valence-corrected chi connectivity index (χ0v) is 6.61. The van der Waals surface area contributed by atoms with Crippen molar-refractivity contribution >= 4 is 22.9 Å². The largest absolute Gasteiger partial charge is 0.241 e. The quantitative estimate of drug-likeness (QED) is 0.361. The van der Waals surface area contributed by atoms with Crippen LogP contribution in [0, 0.1) is 0 Å². The van der Waals surface area contributed by atoms with Gasteiger partial charge in [-0.2, -0.15) is 9.17 Å². The standard InChI is InChI=1S/C3H10IN3/c1-3(2)5-7-6-4/h3,5-7H,1-2H3. The lowest BCUT2D eigenvalue weighted by Crippen LogP contribution is -2.41. The molecule has 4 heteroatoms. The Morgan fingerprint density at radius 2 is 2.00 bits per heavy atom. The van der Waals surface area contributed by atoms with Gasteiger partial charge in [0, 0.05) is 28.9 Å². The molecule has 0 heterocycles. The van der Waals surface area contributed by atoms with Gasteiger partial charge in [0.2, 0.25) is 0 Å². The lowest BCUT2D eigenvalue weighted by atomic mass is 10.4. The van der Waals surface area contributed by atoms with Gasteiger partial charge < -0.3 is 0 Å². The van der Waals surface area contributed by atoms with Gasteiger partial charge in [-0.05, 0) is 13.8 Å². The maximum atomic E-state index is 2.93. The predicted octanol–water partition coefficient (Wildman–Crippen LogP) is 0.344. The number of hydrogen-bond acceptors (Lipinski definition) is 3. The maximum absolute atomic E-state index is 2.93. The summed E-state index contributed by atoms with van der Waals surface area (Å²) in [5, 5.41) is 0. The lowest BCUT2D eigenvalue weighted by Gasteiger charge is -2.05. The smallest absolute Gasteiger partial charge is 0.0346 e. The minimum Gasteiger partial charge on any atom is -0.241 e. The van der Waals surface area contributed by atoms with Crippen molar-refractivity contribution in [1.29, 1.82) is 0 Å². The third-order valence-electron chi connectivity index (χ3n) is 0.408. The normalized spacial score (nSPS) is 10.3. The summed E-state index contributed by atoms with van der Waals surface area (Å²) in [5.74, 6) is 0. The second kappa shape index (κ2) is 4.76. The summed E-state index contributed by atoms with van der Waals surface area (Å²) in [4.78, 5) is 0. The van der Waals surface area contributed by atoms with E-state index < -0.39 is 0 Å². The second-order valence-electron chi connectivity index (χ2n) is 1.52. The fourth-order valence-electron chi connectivity index (χ4n) is 0.172. The Hall–Kier alpha value is 0.610. The molecule has 3 N–H and O–H groups in total. The van der Waals surface area contributed by atoms with Crippen molar-refractivity contribution in [3.63, 3.8) is 0 Å². The van der Waals surface area contributed by atoms with E-state index in [-0.39, 0.29) is 0 Å². The molecule has 0 fully saturated rings. The molecule has 0 radical (unpaired) electrons. The molecule has 0 rings (SSSR count). The summed E-state index contributed by atoms with van der Waals surface area (Å²) >= 11 is 2.00. The molecule has 0 atom stereocenters. The van der Waals surface area contributed by atoms with Crippen molar-refractivity contribution in [3.8, 4) is 0 Å². The van der Waals surface area contributed by atoms with Gasteiger partial charge >= 0.3 is 0 Å². The van der Waals surface area contributed by atoms with E-state index in [9.17, 15) is 0 Å². The highest BCUT2D eigenvalue weighted by Crippen LogP contribution is 1.68. The van der Waals surface area contributed by atoms with Gasteiger partial charge in [0.25, 0.3) is 0 Å². The summed E-state index contributed by atoms with van der Waals surface area (Å²) in [6.45, 7) is 4.11. The summed E-state index contributed by atoms with van der Waals surface area (Å²) in [6, 6.07) is 0.474. The minimum atomic E-state index is 0.474. The highest BCUT2D eigenvalue weighted by Gasteiger charge is 1.84. The van der Waals surface area contributed by atoms with Crippen LogP contribution in [-0.4, -0.2) is 6.04 Å². The van der Waals surface area contributed by atoms with Crippen LogP contribution >= 0.6 is 22.9 Å². The van der Waals surface area contributed by atoms with Gasteiger partial charge in [-0.15, -0.1) is 0 Å². The van der Waals surface area contributed by atoms with Crippen LogP contribution in [0.1, 0.15) is 13.8 Å². The average molecular weight is 215 g/mol. The molecule has 44 valence electrons. The van der Waals surface area contributed by atoms with E-state index in [1.54, 1.807) is 0 Å². The first-order valence-corrected chi connectivity index (χ1v) is 3.21. The lowest BCUT2D eigenvalue weighted by molar-refractivity contribution is 0.472. The Balaban J connectivity index is 2.68. The average Bonchev–Trinajstić information content (AvgIpc) is 1.61. The monoisotopic (exact) mass is 215 g/mol. The van der Waals surface area contributed by atoms with Crippen molar-refractivity contribution in [2.45, 2.75) is 19.9 Å². The molecular weight excluding hydrogens is 205 g/mol. The molecule has 0 aliphatic heterocycles. The van der Waals surface area contributed by atoms with Crippen molar-refractivity contribution in [2.75, 3.05) is 0 Å². The van der Waals surface area contributed by atoms with Crippen LogP contribution in [0.5, 0.6) is 0 Å². The first kappa shape index (κ1) is 7.61. The van der Waals surface area contributed by atoms with E-state index in [0.717, 1.165) is 0 Å². The van der Waals surface area contributed by atoms with Gasteiger partial charge in [-0.3, -0.25) is 0 Å². The molecule has 0 aliphatic rings. The Bertz CT molecular complexity index is 39.2. The zero-order valence-electron chi connectivity index (χ0n) is 4.46. The van der Waals surface area contributed by atoms with Crippen LogP contribution in [0.25, 0.3) is 0 Å². The van der Waals surface area contributed by atoms with E-state index in [0.29, 0.717) is 6.04 Å². The molecule has 0 amide bonds. The fourth-order valence-corrected chi connectivity index (χ4v) is 0.327. The molecule has 0 saturated heterocycles. The van der Waals surface area contributed by atoms with Gasteiger partial charge in [0.05, 0.1) is 0 Å². The van der Waals surface area contributed by atoms with E-state index in [1.807, 2.05) is 22.9 Å². The molecule has 0 aromatic carbocycles. The molecule has 0 aromatic heterocycles. The third kappa shape index (κ3) is 6.61. The topological polar surface area (TPSA) is 36.1 Å².